The van der Waals surface area contributed by atoms with Crippen LogP contribution in [0.3, 0.4) is 0 Å². The van der Waals surface area contributed by atoms with Crippen LogP contribution in [0.15, 0.2) is 42.5 Å². The van der Waals surface area contributed by atoms with Crippen molar-refractivity contribution in [3.8, 4) is 17.9 Å². The third kappa shape index (κ3) is 8.33. The first kappa shape index (κ1) is 27.7. The molecule has 1 heterocycles. The van der Waals surface area contributed by atoms with E-state index in [4.69, 9.17) is 10.00 Å². The largest absolute Gasteiger partial charge is 0.492 e. The van der Waals surface area contributed by atoms with Crippen molar-refractivity contribution in [1.82, 2.24) is 9.80 Å². The fourth-order valence-corrected chi connectivity index (χ4v) is 5.22. The molecule has 2 aromatic rings. The zero-order valence-electron chi connectivity index (χ0n) is 21.8. The van der Waals surface area contributed by atoms with E-state index in [9.17, 15) is 9.65 Å². The van der Waals surface area contributed by atoms with Crippen molar-refractivity contribution in [3.63, 3.8) is 0 Å². The van der Waals surface area contributed by atoms with Gasteiger partial charge in [0.1, 0.15) is 18.2 Å². The highest BCUT2D eigenvalue weighted by atomic mass is 19.1. The molecule has 0 amide bonds. The predicted octanol–water partition coefficient (Wildman–Crippen LogP) is 6.04. The van der Waals surface area contributed by atoms with Crippen LogP contribution in [0, 0.1) is 35.4 Å². The highest BCUT2D eigenvalue weighted by molar-refractivity contribution is 5.40. The summed E-state index contributed by atoms with van der Waals surface area (Å²) in [6.07, 6.45) is 6.18. The minimum Gasteiger partial charge on any atom is -0.492 e. The van der Waals surface area contributed by atoms with E-state index in [0.29, 0.717) is 30.7 Å². The van der Waals surface area contributed by atoms with Crippen molar-refractivity contribution in [2.24, 2.45) is 0 Å². The van der Waals surface area contributed by atoms with E-state index in [0.717, 1.165) is 69.5 Å². The van der Waals surface area contributed by atoms with Crippen LogP contribution in [-0.2, 0) is 0 Å². The summed E-state index contributed by atoms with van der Waals surface area (Å²) in [6.45, 7) is 9.61. The topological polar surface area (TPSA) is 63.3 Å². The molecule has 1 aliphatic rings. The maximum atomic E-state index is 13.1. The summed E-state index contributed by atoms with van der Waals surface area (Å²) in [5.41, 5.74) is 3.19. The second kappa shape index (κ2) is 14.6. The number of aryl methyl sites for hydroxylation is 1. The second-order valence-corrected chi connectivity index (χ2v) is 9.75. The van der Waals surface area contributed by atoms with Crippen LogP contribution in [0.25, 0.3) is 0 Å². The molecular formula is C30H39FN4O. The molecule has 1 saturated heterocycles. The number of halogens is 1. The van der Waals surface area contributed by atoms with Crippen molar-refractivity contribution in [2.45, 2.75) is 64.3 Å². The van der Waals surface area contributed by atoms with Crippen molar-refractivity contribution in [3.05, 3.63) is 65.0 Å². The summed E-state index contributed by atoms with van der Waals surface area (Å²) in [5, 5.41) is 18.3. The molecule has 0 aliphatic carbocycles. The highest BCUT2D eigenvalue weighted by Gasteiger charge is 2.24. The SMILES string of the molecule is CCC(CCCN1CCC(N(CCC#N)CCOc2ccc(F)cc2)CC1)c1ccc(C#N)c(C)c1. The first-order valence-corrected chi connectivity index (χ1v) is 13.3. The smallest absolute Gasteiger partial charge is 0.123 e. The van der Waals surface area contributed by atoms with Crippen LogP contribution in [0.1, 0.15) is 68.1 Å². The third-order valence-corrected chi connectivity index (χ3v) is 7.41. The fourth-order valence-electron chi connectivity index (χ4n) is 5.22. The van der Waals surface area contributed by atoms with Crippen LogP contribution in [0.2, 0.25) is 0 Å². The number of rotatable bonds is 13. The van der Waals surface area contributed by atoms with E-state index in [2.05, 4.69) is 41.0 Å². The molecule has 1 atom stereocenters. The number of hydrogen-bond acceptors (Lipinski definition) is 5. The Morgan fingerprint density at radius 3 is 2.50 bits per heavy atom. The average molecular weight is 491 g/mol. The number of benzene rings is 2. The number of nitriles is 2. The summed E-state index contributed by atoms with van der Waals surface area (Å²) >= 11 is 0. The summed E-state index contributed by atoms with van der Waals surface area (Å²) in [7, 11) is 0. The predicted molar refractivity (Wildman–Crippen MR) is 141 cm³/mol. The highest BCUT2D eigenvalue weighted by Crippen LogP contribution is 2.27. The molecule has 0 saturated carbocycles. The van der Waals surface area contributed by atoms with Gasteiger partial charge in [0.2, 0.25) is 0 Å². The van der Waals surface area contributed by atoms with Gasteiger partial charge in [-0.05, 0) is 106 Å². The molecule has 0 N–H and O–H groups in total. The molecule has 1 aliphatic heterocycles. The van der Waals surface area contributed by atoms with Crippen molar-refractivity contribution in [1.29, 1.82) is 10.5 Å². The summed E-state index contributed by atoms with van der Waals surface area (Å²) < 4.78 is 18.9. The molecule has 0 radical (unpaired) electrons. The first-order chi connectivity index (χ1) is 17.5. The quantitative estimate of drug-likeness (QED) is 0.343. The van der Waals surface area contributed by atoms with Gasteiger partial charge in [0.05, 0.1) is 17.7 Å². The van der Waals surface area contributed by atoms with E-state index in [1.54, 1.807) is 12.1 Å². The molecular weight excluding hydrogens is 451 g/mol. The zero-order chi connectivity index (χ0) is 25.8. The van der Waals surface area contributed by atoms with Gasteiger partial charge in [-0.15, -0.1) is 0 Å². The Balaban J connectivity index is 1.42. The van der Waals surface area contributed by atoms with Crippen LogP contribution >= 0.6 is 0 Å². The van der Waals surface area contributed by atoms with Crippen molar-refractivity contribution in [2.75, 3.05) is 39.3 Å². The lowest BCUT2D eigenvalue weighted by molar-refractivity contribution is 0.0952. The van der Waals surface area contributed by atoms with E-state index < -0.39 is 0 Å². The normalized spacial score (nSPS) is 15.4. The lowest BCUT2D eigenvalue weighted by Crippen LogP contribution is -2.46. The Labute approximate surface area is 216 Å². The molecule has 5 nitrogen and oxygen atoms in total. The van der Waals surface area contributed by atoms with E-state index in [1.807, 2.05) is 13.0 Å². The number of nitrogens with zero attached hydrogens (tertiary/aromatic N) is 4. The minimum absolute atomic E-state index is 0.265. The molecule has 0 bridgehead atoms. The molecule has 36 heavy (non-hydrogen) atoms. The van der Waals surface area contributed by atoms with Gasteiger partial charge in [0.15, 0.2) is 0 Å². The third-order valence-electron chi connectivity index (χ3n) is 7.41. The Hall–Kier alpha value is -2.93. The number of ether oxygens (including phenoxy) is 1. The van der Waals surface area contributed by atoms with Crippen LogP contribution in [0.4, 0.5) is 4.39 Å². The molecule has 1 unspecified atom stereocenters. The Morgan fingerprint density at radius 2 is 1.86 bits per heavy atom. The number of hydrogen-bond donors (Lipinski definition) is 0. The number of likely N-dealkylation sites (tertiary alicyclic amines) is 1. The molecule has 0 aromatic heterocycles. The van der Waals surface area contributed by atoms with E-state index in [-0.39, 0.29) is 5.82 Å². The minimum atomic E-state index is -0.265. The molecule has 192 valence electrons. The Morgan fingerprint density at radius 1 is 1.11 bits per heavy atom. The van der Waals surface area contributed by atoms with Gasteiger partial charge >= 0.3 is 0 Å². The second-order valence-electron chi connectivity index (χ2n) is 9.75. The molecule has 1 fully saturated rings. The van der Waals surface area contributed by atoms with Crippen LogP contribution in [0.5, 0.6) is 5.75 Å². The first-order valence-electron chi connectivity index (χ1n) is 13.3. The monoisotopic (exact) mass is 490 g/mol. The van der Waals surface area contributed by atoms with Gasteiger partial charge in [0, 0.05) is 25.6 Å². The molecule has 2 aromatic carbocycles. The summed E-state index contributed by atoms with van der Waals surface area (Å²) in [4.78, 5) is 4.97. The van der Waals surface area contributed by atoms with Gasteiger partial charge in [-0.1, -0.05) is 19.1 Å². The average Bonchev–Trinajstić information content (AvgIpc) is 2.90. The fraction of sp³-hybridized carbons (Fsp3) is 0.533. The summed E-state index contributed by atoms with van der Waals surface area (Å²) in [6, 6.07) is 17.4. The van der Waals surface area contributed by atoms with Crippen LogP contribution < -0.4 is 4.74 Å². The van der Waals surface area contributed by atoms with Gasteiger partial charge in [0.25, 0.3) is 0 Å². The van der Waals surface area contributed by atoms with E-state index in [1.165, 1.54) is 24.1 Å². The van der Waals surface area contributed by atoms with Crippen molar-refractivity contribution >= 4 is 0 Å². The van der Waals surface area contributed by atoms with Crippen molar-refractivity contribution < 1.29 is 9.13 Å². The number of piperidine rings is 1. The summed E-state index contributed by atoms with van der Waals surface area (Å²) in [5.74, 6) is 0.948. The lowest BCUT2D eigenvalue weighted by Gasteiger charge is -2.38. The Kier molecular flexibility index (Phi) is 11.2. The zero-order valence-corrected chi connectivity index (χ0v) is 21.8. The standard InChI is InChI=1S/C30H39FN4O/c1-3-25(26-7-8-27(23-33)24(2)22-26)6-4-16-34-18-13-29(14-19-34)35(17-5-15-32)20-21-36-30-11-9-28(31)10-12-30/h7-12,22,25,29H,3-6,13-14,16-21H2,1-2H3. The molecule has 3 rings (SSSR count). The molecule has 0 spiro atoms. The maximum absolute atomic E-state index is 13.1. The van der Waals surface area contributed by atoms with E-state index >= 15 is 0 Å². The van der Waals surface area contributed by atoms with Crippen LogP contribution in [-0.4, -0.2) is 55.2 Å². The Bertz CT molecular complexity index is 1020. The van der Waals surface area contributed by atoms with Gasteiger partial charge in [-0.2, -0.15) is 10.5 Å². The molecule has 6 heteroatoms. The lowest BCUT2D eigenvalue weighted by atomic mass is 9.89. The maximum Gasteiger partial charge on any atom is 0.123 e. The van der Waals surface area contributed by atoms with Gasteiger partial charge in [-0.3, -0.25) is 4.90 Å². The van der Waals surface area contributed by atoms with Gasteiger partial charge < -0.3 is 9.64 Å². The van der Waals surface area contributed by atoms with Gasteiger partial charge in [-0.25, -0.2) is 4.39 Å².